The van der Waals surface area contributed by atoms with Gasteiger partial charge in [-0.15, -0.1) is 0 Å². The molecule has 0 aliphatic rings. The minimum absolute atomic E-state index is 0.0513. The number of benzene rings is 1. The van der Waals surface area contributed by atoms with Gasteiger partial charge >= 0.3 is 0 Å². The van der Waals surface area contributed by atoms with Crippen LogP contribution in [-0.4, -0.2) is 18.2 Å². The van der Waals surface area contributed by atoms with Gasteiger partial charge in [-0.1, -0.05) is 37.3 Å². The van der Waals surface area contributed by atoms with Crippen molar-refractivity contribution in [1.82, 2.24) is 5.32 Å². The van der Waals surface area contributed by atoms with Crippen LogP contribution in [0.3, 0.4) is 0 Å². The molecule has 0 saturated carbocycles. The fourth-order valence-electron chi connectivity index (χ4n) is 1.42. The first kappa shape index (κ1) is 13.2. The van der Waals surface area contributed by atoms with Gasteiger partial charge in [-0.2, -0.15) is 0 Å². The number of hydrogen-bond acceptors (Lipinski definition) is 2. The van der Waals surface area contributed by atoms with Crippen LogP contribution in [0, 0.1) is 0 Å². The van der Waals surface area contributed by atoms with Crippen molar-refractivity contribution in [2.75, 3.05) is 6.54 Å². The Kier molecular flexibility index (Phi) is 5.14. The highest BCUT2D eigenvalue weighted by molar-refractivity contribution is 5.96. The maximum absolute atomic E-state index is 11.5. The van der Waals surface area contributed by atoms with Gasteiger partial charge in [0.15, 0.2) is 5.78 Å². The summed E-state index contributed by atoms with van der Waals surface area (Å²) >= 11 is 0. The molecule has 0 fully saturated rings. The molecule has 0 spiro atoms. The zero-order valence-electron chi connectivity index (χ0n) is 10.2. The van der Waals surface area contributed by atoms with Gasteiger partial charge in [-0.05, 0) is 11.6 Å². The number of rotatable bonds is 5. The Morgan fingerprint density at radius 3 is 2.76 bits per heavy atom. The second kappa shape index (κ2) is 6.63. The fourth-order valence-corrected chi connectivity index (χ4v) is 1.42. The van der Waals surface area contributed by atoms with Crippen LogP contribution < -0.4 is 5.32 Å². The maximum atomic E-state index is 11.5. The third-order valence-corrected chi connectivity index (χ3v) is 2.31. The average Bonchev–Trinajstić information content (AvgIpc) is 2.34. The van der Waals surface area contributed by atoms with Gasteiger partial charge in [-0.25, -0.2) is 0 Å². The maximum Gasteiger partial charge on any atom is 0.217 e. The fraction of sp³-hybridized carbons (Fsp3) is 0.286. The quantitative estimate of drug-likeness (QED) is 0.791. The molecule has 0 aliphatic carbocycles. The van der Waals surface area contributed by atoms with E-state index in [-0.39, 0.29) is 11.7 Å². The van der Waals surface area contributed by atoms with E-state index in [1.807, 2.05) is 43.3 Å². The van der Waals surface area contributed by atoms with E-state index in [0.717, 1.165) is 11.1 Å². The summed E-state index contributed by atoms with van der Waals surface area (Å²) in [6.07, 6.45) is 4.26. The van der Waals surface area contributed by atoms with Crippen LogP contribution in [0.1, 0.15) is 36.2 Å². The standard InChI is InChI=1S/C14H17NO2/c1-3-14(17)13-8-4-6-12(10-13)7-5-9-15-11(2)16/h4-8,10H,3,9H2,1-2H3,(H,15,16). The van der Waals surface area contributed by atoms with Crippen molar-refractivity contribution in [3.8, 4) is 0 Å². The largest absolute Gasteiger partial charge is 0.353 e. The monoisotopic (exact) mass is 231 g/mol. The van der Waals surface area contributed by atoms with Crippen molar-refractivity contribution in [3.05, 3.63) is 41.5 Å². The molecule has 1 aromatic carbocycles. The lowest BCUT2D eigenvalue weighted by Gasteiger charge is -2.00. The van der Waals surface area contributed by atoms with Crippen molar-refractivity contribution in [1.29, 1.82) is 0 Å². The number of amides is 1. The Bertz CT molecular complexity index is 436. The third kappa shape index (κ3) is 4.64. The van der Waals surface area contributed by atoms with Crippen molar-refractivity contribution < 1.29 is 9.59 Å². The first-order valence-electron chi connectivity index (χ1n) is 5.67. The smallest absolute Gasteiger partial charge is 0.217 e. The SMILES string of the molecule is CCC(=O)c1cccc(C=CCNC(C)=O)c1. The Labute approximate surface area is 102 Å². The van der Waals surface area contributed by atoms with E-state index in [2.05, 4.69) is 5.32 Å². The van der Waals surface area contributed by atoms with E-state index in [1.165, 1.54) is 6.92 Å². The van der Waals surface area contributed by atoms with E-state index < -0.39 is 0 Å². The summed E-state index contributed by atoms with van der Waals surface area (Å²) in [4.78, 5) is 22.2. The van der Waals surface area contributed by atoms with Crippen LogP contribution in [-0.2, 0) is 4.79 Å². The number of carbonyl (C=O) groups excluding carboxylic acids is 2. The molecule has 1 amide bonds. The molecule has 0 aliphatic heterocycles. The lowest BCUT2D eigenvalue weighted by Crippen LogP contribution is -2.19. The van der Waals surface area contributed by atoms with Gasteiger partial charge in [0.1, 0.15) is 0 Å². The predicted molar refractivity (Wildman–Crippen MR) is 68.8 cm³/mol. The van der Waals surface area contributed by atoms with Gasteiger partial charge in [0.2, 0.25) is 5.91 Å². The molecular formula is C14H17NO2. The lowest BCUT2D eigenvalue weighted by atomic mass is 10.1. The number of ketones is 1. The van der Waals surface area contributed by atoms with Gasteiger partial charge < -0.3 is 5.32 Å². The van der Waals surface area contributed by atoms with Gasteiger partial charge in [-0.3, -0.25) is 9.59 Å². The zero-order chi connectivity index (χ0) is 12.7. The Hall–Kier alpha value is -1.90. The summed E-state index contributed by atoms with van der Waals surface area (Å²) in [5, 5.41) is 2.67. The van der Waals surface area contributed by atoms with Crippen molar-refractivity contribution in [2.24, 2.45) is 0 Å². The third-order valence-electron chi connectivity index (χ3n) is 2.31. The summed E-state index contributed by atoms with van der Waals surface area (Å²) in [6.45, 7) is 3.83. The highest BCUT2D eigenvalue weighted by Crippen LogP contribution is 2.09. The van der Waals surface area contributed by atoms with E-state index in [1.54, 1.807) is 0 Å². The van der Waals surface area contributed by atoms with Gasteiger partial charge in [0.25, 0.3) is 0 Å². The van der Waals surface area contributed by atoms with Crippen LogP contribution in [0.2, 0.25) is 0 Å². The summed E-state index contributed by atoms with van der Waals surface area (Å²) in [7, 11) is 0. The zero-order valence-corrected chi connectivity index (χ0v) is 10.2. The minimum atomic E-state index is -0.0513. The molecule has 0 heterocycles. The molecular weight excluding hydrogens is 214 g/mol. The van der Waals surface area contributed by atoms with E-state index in [0.29, 0.717) is 13.0 Å². The first-order chi connectivity index (χ1) is 8.13. The molecule has 3 heteroatoms. The normalized spacial score (nSPS) is 10.5. The Balaban J connectivity index is 2.65. The summed E-state index contributed by atoms with van der Waals surface area (Å²) in [5.74, 6) is 0.0895. The van der Waals surface area contributed by atoms with Gasteiger partial charge in [0, 0.05) is 25.5 Å². The second-order valence-corrected chi connectivity index (χ2v) is 3.74. The highest BCUT2D eigenvalue weighted by Gasteiger charge is 2.01. The minimum Gasteiger partial charge on any atom is -0.353 e. The molecule has 1 N–H and O–H groups in total. The molecule has 0 atom stereocenters. The van der Waals surface area contributed by atoms with Crippen LogP contribution >= 0.6 is 0 Å². The Morgan fingerprint density at radius 1 is 1.35 bits per heavy atom. The van der Waals surface area contributed by atoms with Crippen LogP contribution in [0.15, 0.2) is 30.3 Å². The molecule has 17 heavy (non-hydrogen) atoms. The van der Waals surface area contributed by atoms with Crippen molar-refractivity contribution in [3.63, 3.8) is 0 Å². The second-order valence-electron chi connectivity index (χ2n) is 3.74. The average molecular weight is 231 g/mol. The lowest BCUT2D eigenvalue weighted by molar-refractivity contribution is -0.118. The highest BCUT2D eigenvalue weighted by atomic mass is 16.1. The molecule has 0 radical (unpaired) electrons. The molecule has 0 bridgehead atoms. The van der Waals surface area contributed by atoms with E-state index in [4.69, 9.17) is 0 Å². The van der Waals surface area contributed by atoms with Crippen molar-refractivity contribution in [2.45, 2.75) is 20.3 Å². The number of hydrogen-bond donors (Lipinski definition) is 1. The summed E-state index contributed by atoms with van der Waals surface area (Å²) in [5.41, 5.74) is 1.70. The van der Waals surface area contributed by atoms with Crippen molar-refractivity contribution >= 4 is 17.8 Å². The van der Waals surface area contributed by atoms with Crippen LogP contribution in [0.4, 0.5) is 0 Å². The number of carbonyl (C=O) groups is 2. The van der Waals surface area contributed by atoms with E-state index >= 15 is 0 Å². The Morgan fingerprint density at radius 2 is 2.12 bits per heavy atom. The predicted octanol–water partition coefficient (Wildman–Crippen LogP) is 2.43. The number of nitrogens with one attached hydrogen (secondary N) is 1. The molecule has 1 aromatic rings. The molecule has 0 saturated heterocycles. The summed E-state index contributed by atoms with van der Waals surface area (Å²) < 4.78 is 0. The molecule has 0 aromatic heterocycles. The van der Waals surface area contributed by atoms with Crippen LogP contribution in [0.5, 0.6) is 0 Å². The molecule has 3 nitrogen and oxygen atoms in total. The van der Waals surface area contributed by atoms with Gasteiger partial charge in [0.05, 0.1) is 0 Å². The molecule has 0 unspecified atom stereocenters. The summed E-state index contributed by atoms with van der Waals surface area (Å²) in [6, 6.07) is 7.46. The first-order valence-corrected chi connectivity index (χ1v) is 5.67. The number of Topliss-reactive ketones (excluding diaryl/α,β-unsaturated/α-hetero) is 1. The van der Waals surface area contributed by atoms with Crippen LogP contribution in [0.25, 0.3) is 6.08 Å². The van der Waals surface area contributed by atoms with E-state index in [9.17, 15) is 9.59 Å². The topological polar surface area (TPSA) is 46.2 Å². The molecule has 90 valence electrons. The molecule has 1 rings (SSSR count).